The molecule has 3 aromatic rings. The molecule has 0 saturated heterocycles. The maximum absolute atomic E-state index is 13.4. The van der Waals surface area contributed by atoms with Gasteiger partial charge in [-0.15, -0.1) is 10.2 Å². The Balaban J connectivity index is 1.66. The fourth-order valence-corrected chi connectivity index (χ4v) is 4.24. The summed E-state index contributed by atoms with van der Waals surface area (Å²) in [6, 6.07) is 15.2. The number of rotatable bonds is 5. The third-order valence-corrected chi connectivity index (χ3v) is 5.72. The highest BCUT2D eigenvalue weighted by Crippen LogP contribution is 2.37. The van der Waals surface area contributed by atoms with Crippen molar-refractivity contribution in [3.63, 3.8) is 0 Å². The van der Waals surface area contributed by atoms with Gasteiger partial charge in [-0.3, -0.25) is 4.79 Å². The van der Waals surface area contributed by atoms with Crippen LogP contribution in [0, 0.1) is 5.82 Å². The lowest BCUT2D eigenvalue weighted by atomic mass is 10.0. The summed E-state index contributed by atoms with van der Waals surface area (Å²) in [4.78, 5) is 13.1. The van der Waals surface area contributed by atoms with E-state index in [9.17, 15) is 9.18 Å². The number of thioether (sulfide) groups is 1. The molecule has 0 saturated carbocycles. The van der Waals surface area contributed by atoms with E-state index in [0.29, 0.717) is 5.16 Å². The van der Waals surface area contributed by atoms with Gasteiger partial charge in [-0.25, -0.2) is 9.07 Å². The zero-order valence-electron chi connectivity index (χ0n) is 15.3. The predicted molar refractivity (Wildman–Crippen MR) is 107 cm³/mol. The van der Waals surface area contributed by atoms with E-state index in [-0.39, 0.29) is 17.8 Å². The minimum absolute atomic E-state index is 0.149. The average molecular weight is 397 g/mol. The monoisotopic (exact) mass is 397 g/mol. The zero-order chi connectivity index (χ0) is 19.5. The quantitative estimate of drug-likeness (QED) is 0.686. The standard InChI is InChI=1S/C20H20FN5OS/c1-2-6-16-23-24-20-26(16)25-17(13-9-11-14(21)12-10-13)18(28-20)19(27)22-15-7-4-3-5-8-15/h3-5,7-12,17-18,25H,2,6H2,1H3,(H,22,27)/t17-,18+/m0/s1. The Morgan fingerprint density at radius 1 is 1.18 bits per heavy atom. The number of benzene rings is 2. The summed E-state index contributed by atoms with van der Waals surface area (Å²) in [6.45, 7) is 2.07. The van der Waals surface area contributed by atoms with E-state index in [1.807, 2.05) is 35.0 Å². The first-order valence-electron chi connectivity index (χ1n) is 9.14. The van der Waals surface area contributed by atoms with Crippen LogP contribution < -0.4 is 10.7 Å². The maximum atomic E-state index is 13.4. The Labute approximate surface area is 166 Å². The van der Waals surface area contributed by atoms with Crippen LogP contribution in [-0.4, -0.2) is 26.0 Å². The lowest BCUT2D eigenvalue weighted by Gasteiger charge is -2.33. The van der Waals surface area contributed by atoms with E-state index < -0.39 is 5.25 Å². The number of hydrogen-bond donors (Lipinski definition) is 2. The predicted octanol–water partition coefficient (Wildman–Crippen LogP) is 3.77. The highest BCUT2D eigenvalue weighted by atomic mass is 32.2. The van der Waals surface area contributed by atoms with Gasteiger partial charge < -0.3 is 10.7 Å². The molecule has 4 rings (SSSR count). The van der Waals surface area contributed by atoms with Gasteiger partial charge in [-0.2, -0.15) is 0 Å². The largest absolute Gasteiger partial charge is 0.325 e. The molecule has 2 atom stereocenters. The molecule has 0 radical (unpaired) electrons. The van der Waals surface area contributed by atoms with Crippen LogP contribution in [0.3, 0.4) is 0 Å². The van der Waals surface area contributed by atoms with Crippen LogP contribution in [0.1, 0.15) is 30.8 Å². The SMILES string of the molecule is CCCc1nnc2n1N[C@@H](c1ccc(F)cc1)[C@H](C(=O)Nc1ccccc1)S2. The molecule has 0 fully saturated rings. The van der Waals surface area contributed by atoms with Crippen LogP contribution in [0.2, 0.25) is 0 Å². The highest BCUT2D eigenvalue weighted by molar-refractivity contribution is 8.00. The van der Waals surface area contributed by atoms with Gasteiger partial charge in [0.2, 0.25) is 11.1 Å². The van der Waals surface area contributed by atoms with E-state index in [1.54, 1.807) is 12.1 Å². The number of amides is 1. The summed E-state index contributed by atoms with van der Waals surface area (Å²) in [5.74, 6) is 0.359. The number of anilines is 1. The minimum atomic E-state index is -0.489. The van der Waals surface area contributed by atoms with Crippen LogP contribution in [0.15, 0.2) is 59.8 Å². The third kappa shape index (κ3) is 3.73. The third-order valence-electron chi connectivity index (χ3n) is 4.51. The summed E-state index contributed by atoms with van der Waals surface area (Å²) in [5, 5.41) is 11.6. The average Bonchev–Trinajstić information content (AvgIpc) is 3.11. The Bertz CT molecular complexity index is 960. The van der Waals surface area contributed by atoms with Crippen LogP contribution in [0.25, 0.3) is 0 Å². The summed E-state index contributed by atoms with van der Waals surface area (Å²) in [7, 11) is 0. The summed E-state index contributed by atoms with van der Waals surface area (Å²) in [5.41, 5.74) is 4.92. The van der Waals surface area contributed by atoms with E-state index in [4.69, 9.17) is 0 Å². The lowest BCUT2D eigenvalue weighted by molar-refractivity contribution is -0.116. The van der Waals surface area contributed by atoms with Gasteiger partial charge in [0.15, 0.2) is 5.82 Å². The van der Waals surface area contributed by atoms with Crippen molar-refractivity contribution in [1.82, 2.24) is 14.9 Å². The molecule has 6 nitrogen and oxygen atoms in total. The molecule has 2 heterocycles. The molecule has 0 spiro atoms. The number of carbonyl (C=O) groups is 1. The molecule has 8 heteroatoms. The maximum Gasteiger partial charge on any atom is 0.240 e. The smallest absolute Gasteiger partial charge is 0.240 e. The van der Waals surface area contributed by atoms with Crippen LogP contribution in [0.5, 0.6) is 0 Å². The number of para-hydroxylation sites is 1. The molecule has 2 N–H and O–H groups in total. The molecule has 1 aliphatic rings. The second-order valence-electron chi connectivity index (χ2n) is 6.54. The van der Waals surface area contributed by atoms with Gasteiger partial charge in [0.05, 0.1) is 6.04 Å². The van der Waals surface area contributed by atoms with Crippen molar-refractivity contribution in [2.24, 2.45) is 0 Å². The number of hydrogen-bond acceptors (Lipinski definition) is 5. The first-order chi connectivity index (χ1) is 13.7. The van der Waals surface area contributed by atoms with Gasteiger partial charge in [-0.05, 0) is 36.2 Å². The first-order valence-corrected chi connectivity index (χ1v) is 10.0. The minimum Gasteiger partial charge on any atom is -0.325 e. The Hall–Kier alpha value is -2.87. The van der Waals surface area contributed by atoms with Gasteiger partial charge in [0, 0.05) is 12.1 Å². The molecule has 28 heavy (non-hydrogen) atoms. The molecule has 144 valence electrons. The Morgan fingerprint density at radius 3 is 2.64 bits per heavy atom. The van der Waals surface area contributed by atoms with E-state index >= 15 is 0 Å². The second kappa shape index (κ2) is 8.02. The first kappa shape index (κ1) is 18.5. The summed E-state index contributed by atoms with van der Waals surface area (Å²) in [6.07, 6.45) is 1.71. The summed E-state index contributed by atoms with van der Waals surface area (Å²) >= 11 is 1.36. The van der Waals surface area contributed by atoms with Gasteiger partial charge in [0.25, 0.3) is 0 Å². The van der Waals surface area contributed by atoms with Crippen molar-refractivity contribution in [2.45, 2.75) is 36.2 Å². The molecular formula is C20H20FN5OS. The number of aryl methyl sites for hydroxylation is 1. The van der Waals surface area contributed by atoms with Crippen molar-refractivity contribution in [2.75, 3.05) is 10.7 Å². The molecular weight excluding hydrogens is 377 g/mol. The van der Waals surface area contributed by atoms with Gasteiger partial charge >= 0.3 is 0 Å². The van der Waals surface area contributed by atoms with Gasteiger partial charge in [0.1, 0.15) is 11.1 Å². The number of nitrogens with zero attached hydrogens (tertiary/aromatic N) is 3. The zero-order valence-corrected chi connectivity index (χ0v) is 16.1. The molecule has 1 aliphatic heterocycles. The van der Waals surface area contributed by atoms with E-state index in [1.165, 1.54) is 23.9 Å². The molecule has 0 unspecified atom stereocenters. The fourth-order valence-electron chi connectivity index (χ4n) is 3.14. The van der Waals surface area contributed by atoms with Crippen molar-refractivity contribution in [3.8, 4) is 0 Å². The fraction of sp³-hybridized carbons (Fsp3) is 0.250. The second-order valence-corrected chi connectivity index (χ2v) is 7.64. The van der Waals surface area contributed by atoms with Crippen molar-refractivity contribution >= 4 is 23.4 Å². The topological polar surface area (TPSA) is 71.8 Å². The van der Waals surface area contributed by atoms with Crippen molar-refractivity contribution in [3.05, 3.63) is 71.8 Å². The number of nitrogens with one attached hydrogen (secondary N) is 2. The number of carbonyl (C=O) groups excluding carboxylic acids is 1. The number of fused-ring (bicyclic) bond motifs is 1. The van der Waals surface area contributed by atoms with E-state index in [2.05, 4.69) is 27.9 Å². The van der Waals surface area contributed by atoms with E-state index in [0.717, 1.165) is 29.9 Å². The van der Waals surface area contributed by atoms with Crippen molar-refractivity contribution in [1.29, 1.82) is 0 Å². The Kier molecular flexibility index (Phi) is 5.29. The molecule has 0 bridgehead atoms. The number of aromatic nitrogens is 3. The van der Waals surface area contributed by atoms with Crippen LogP contribution >= 0.6 is 11.8 Å². The van der Waals surface area contributed by atoms with Gasteiger partial charge in [-0.1, -0.05) is 49.0 Å². The van der Waals surface area contributed by atoms with Crippen LogP contribution in [0.4, 0.5) is 10.1 Å². The molecule has 2 aromatic carbocycles. The number of halogens is 1. The molecule has 1 aromatic heterocycles. The molecule has 0 aliphatic carbocycles. The molecule has 1 amide bonds. The van der Waals surface area contributed by atoms with Crippen LogP contribution in [-0.2, 0) is 11.2 Å². The lowest BCUT2D eigenvalue weighted by Crippen LogP contribution is -2.41. The highest BCUT2D eigenvalue weighted by Gasteiger charge is 2.37. The normalized spacial score (nSPS) is 18.2. The Morgan fingerprint density at radius 2 is 1.93 bits per heavy atom. The van der Waals surface area contributed by atoms with Crippen molar-refractivity contribution < 1.29 is 9.18 Å². The summed E-state index contributed by atoms with van der Waals surface area (Å²) < 4.78 is 15.3.